The number of nitrogens with one attached hydrogen (secondary N) is 2. The van der Waals surface area contributed by atoms with Gasteiger partial charge < -0.3 is 16.0 Å². The molecule has 2 aromatic rings. The Morgan fingerprint density at radius 2 is 2.15 bits per heavy atom. The number of rotatable bonds is 4. The van der Waals surface area contributed by atoms with Crippen molar-refractivity contribution in [2.24, 2.45) is 5.73 Å². The molecule has 0 saturated carbocycles. The van der Waals surface area contributed by atoms with E-state index in [1.165, 1.54) is 15.5 Å². The molecule has 2 amide bonds. The highest BCUT2D eigenvalue weighted by atomic mass is 16.2. The van der Waals surface area contributed by atoms with E-state index in [0.29, 0.717) is 24.5 Å². The van der Waals surface area contributed by atoms with E-state index in [2.05, 4.69) is 20.4 Å². The molecule has 3 rings (SSSR count). The zero-order valence-corrected chi connectivity index (χ0v) is 15.0. The van der Waals surface area contributed by atoms with Gasteiger partial charge in [-0.15, -0.1) is 0 Å². The molecule has 1 fully saturated rings. The minimum Gasteiger partial charge on any atom is -0.352 e. The molecule has 1 aliphatic rings. The summed E-state index contributed by atoms with van der Waals surface area (Å²) in [6, 6.07) is 0.521. The Morgan fingerprint density at radius 3 is 2.85 bits per heavy atom. The standard InChI is InChI=1S/C16H23N7O3/c1-8(2)18-15(26)11-5-10(17)7-22(11)13(24)6-12-20-16-19-9(3)4-14(25)23(16)21-12/h4,8,10-11H,5-7,17H2,1-3H3,(H,18,26)(H,19,20,21)/t10-,11+/m1/s1. The quantitative estimate of drug-likeness (QED) is 0.620. The lowest BCUT2D eigenvalue weighted by Gasteiger charge is -2.24. The van der Waals surface area contributed by atoms with Crippen molar-refractivity contribution in [1.82, 2.24) is 29.8 Å². The first-order valence-corrected chi connectivity index (χ1v) is 8.55. The molecule has 0 bridgehead atoms. The van der Waals surface area contributed by atoms with Crippen LogP contribution in [0.1, 0.15) is 31.8 Å². The lowest BCUT2D eigenvalue weighted by Crippen LogP contribution is -2.48. The van der Waals surface area contributed by atoms with Crippen molar-refractivity contribution in [2.75, 3.05) is 6.54 Å². The lowest BCUT2D eigenvalue weighted by atomic mass is 10.1. The third kappa shape index (κ3) is 3.59. The maximum absolute atomic E-state index is 12.7. The Labute approximate surface area is 149 Å². The van der Waals surface area contributed by atoms with Crippen molar-refractivity contribution in [3.05, 3.63) is 27.9 Å². The largest absolute Gasteiger partial charge is 0.352 e. The zero-order valence-electron chi connectivity index (χ0n) is 15.0. The van der Waals surface area contributed by atoms with E-state index in [9.17, 15) is 14.4 Å². The molecule has 1 saturated heterocycles. The van der Waals surface area contributed by atoms with Crippen molar-refractivity contribution < 1.29 is 9.59 Å². The maximum atomic E-state index is 12.7. The third-order valence-electron chi connectivity index (χ3n) is 4.21. The summed E-state index contributed by atoms with van der Waals surface area (Å²) >= 11 is 0. The van der Waals surface area contributed by atoms with Gasteiger partial charge in [0.05, 0.1) is 6.42 Å². The van der Waals surface area contributed by atoms with E-state index in [1.807, 2.05) is 13.8 Å². The lowest BCUT2D eigenvalue weighted by molar-refractivity contribution is -0.138. The molecule has 1 aliphatic heterocycles. The molecule has 26 heavy (non-hydrogen) atoms. The van der Waals surface area contributed by atoms with Crippen LogP contribution in [-0.2, 0) is 16.0 Å². The molecule has 0 aliphatic carbocycles. The third-order valence-corrected chi connectivity index (χ3v) is 4.21. The van der Waals surface area contributed by atoms with Gasteiger partial charge >= 0.3 is 0 Å². The molecule has 0 aromatic carbocycles. The van der Waals surface area contributed by atoms with E-state index < -0.39 is 6.04 Å². The fourth-order valence-corrected chi connectivity index (χ4v) is 3.13. The minimum absolute atomic E-state index is 0.0205. The molecule has 2 aromatic heterocycles. The van der Waals surface area contributed by atoms with Gasteiger partial charge in [0, 0.05) is 30.4 Å². The summed E-state index contributed by atoms with van der Waals surface area (Å²) in [4.78, 5) is 46.8. The summed E-state index contributed by atoms with van der Waals surface area (Å²) in [7, 11) is 0. The van der Waals surface area contributed by atoms with Crippen LogP contribution in [0.4, 0.5) is 0 Å². The predicted octanol–water partition coefficient (Wildman–Crippen LogP) is -1.28. The molecule has 0 spiro atoms. The van der Waals surface area contributed by atoms with Crippen LogP contribution in [0.2, 0.25) is 0 Å². The highest BCUT2D eigenvalue weighted by Crippen LogP contribution is 2.18. The first kappa shape index (κ1) is 18.1. The molecular formula is C16H23N7O3. The molecule has 2 atom stereocenters. The van der Waals surface area contributed by atoms with Gasteiger partial charge in [0.25, 0.3) is 11.3 Å². The van der Waals surface area contributed by atoms with Crippen LogP contribution in [-0.4, -0.2) is 61.0 Å². The van der Waals surface area contributed by atoms with Crippen LogP contribution in [0.5, 0.6) is 0 Å². The Balaban J connectivity index is 1.79. The van der Waals surface area contributed by atoms with E-state index in [1.54, 1.807) is 6.92 Å². The highest BCUT2D eigenvalue weighted by molar-refractivity contribution is 5.89. The van der Waals surface area contributed by atoms with E-state index in [0.717, 1.165) is 0 Å². The van der Waals surface area contributed by atoms with Crippen LogP contribution >= 0.6 is 0 Å². The minimum atomic E-state index is -0.590. The number of hydrogen-bond acceptors (Lipinski definition) is 6. The number of fused-ring (bicyclic) bond motifs is 1. The van der Waals surface area contributed by atoms with Crippen molar-refractivity contribution in [3.8, 4) is 0 Å². The Bertz CT molecular complexity index is 901. The average molecular weight is 361 g/mol. The number of likely N-dealkylation sites (tertiary alicyclic amines) is 1. The summed E-state index contributed by atoms with van der Waals surface area (Å²) in [5.74, 6) is 0.0452. The zero-order chi connectivity index (χ0) is 19.0. The number of hydrogen-bond donors (Lipinski definition) is 3. The molecule has 0 unspecified atom stereocenters. The highest BCUT2D eigenvalue weighted by Gasteiger charge is 2.38. The van der Waals surface area contributed by atoms with Crippen molar-refractivity contribution in [1.29, 1.82) is 0 Å². The normalized spacial score (nSPS) is 20.1. The van der Waals surface area contributed by atoms with Gasteiger partial charge in [-0.2, -0.15) is 9.50 Å². The van der Waals surface area contributed by atoms with Crippen LogP contribution in [0.15, 0.2) is 10.9 Å². The van der Waals surface area contributed by atoms with Gasteiger partial charge in [0.1, 0.15) is 11.9 Å². The second-order valence-electron chi connectivity index (χ2n) is 6.94. The number of carbonyl (C=O) groups excluding carboxylic acids is 2. The molecular weight excluding hydrogens is 338 g/mol. The SMILES string of the molecule is Cc1cc(=O)n2[nH]c(CC(=O)N3C[C@H](N)C[C@H]3C(=O)NC(C)C)nc2n1. The van der Waals surface area contributed by atoms with Gasteiger partial charge in [-0.25, -0.2) is 4.98 Å². The number of nitrogens with two attached hydrogens (primary N) is 1. The van der Waals surface area contributed by atoms with Gasteiger partial charge in [-0.05, 0) is 27.2 Å². The summed E-state index contributed by atoms with van der Waals surface area (Å²) in [6.07, 6.45) is 0.352. The van der Waals surface area contributed by atoms with E-state index in [-0.39, 0.29) is 41.7 Å². The Morgan fingerprint density at radius 1 is 1.42 bits per heavy atom. The topological polar surface area (TPSA) is 138 Å². The summed E-state index contributed by atoms with van der Waals surface area (Å²) < 4.78 is 1.19. The Hall–Kier alpha value is -2.75. The predicted molar refractivity (Wildman–Crippen MR) is 93.4 cm³/mol. The smallest absolute Gasteiger partial charge is 0.274 e. The number of H-pyrrole nitrogens is 1. The average Bonchev–Trinajstić information content (AvgIpc) is 3.10. The first-order chi connectivity index (χ1) is 12.2. The van der Waals surface area contributed by atoms with E-state index >= 15 is 0 Å². The fourth-order valence-electron chi connectivity index (χ4n) is 3.13. The molecule has 10 nitrogen and oxygen atoms in total. The Kier molecular flexibility index (Phi) is 4.77. The number of amides is 2. The summed E-state index contributed by atoms with van der Waals surface area (Å²) in [5.41, 5.74) is 6.22. The summed E-state index contributed by atoms with van der Waals surface area (Å²) in [5, 5.41) is 5.61. The van der Waals surface area contributed by atoms with Crippen molar-refractivity contribution in [3.63, 3.8) is 0 Å². The van der Waals surface area contributed by atoms with Crippen molar-refractivity contribution in [2.45, 2.75) is 51.7 Å². The summed E-state index contributed by atoms with van der Waals surface area (Å²) in [6.45, 7) is 5.73. The van der Waals surface area contributed by atoms with Crippen LogP contribution in [0.25, 0.3) is 5.78 Å². The second-order valence-corrected chi connectivity index (χ2v) is 6.94. The van der Waals surface area contributed by atoms with Crippen molar-refractivity contribution >= 4 is 17.6 Å². The number of carbonyl (C=O) groups is 2. The monoisotopic (exact) mass is 361 g/mol. The maximum Gasteiger partial charge on any atom is 0.274 e. The van der Waals surface area contributed by atoms with Gasteiger partial charge in [0.15, 0.2) is 0 Å². The molecule has 10 heteroatoms. The second kappa shape index (κ2) is 6.87. The number of aryl methyl sites for hydroxylation is 1. The van der Waals surface area contributed by atoms with Crippen LogP contribution in [0, 0.1) is 6.92 Å². The fraction of sp³-hybridized carbons (Fsp3) is 0.562. The van der Waals surface area contributed by atoms with Gasteiger partial charge in [0.2, 0.25) is 11.8 Å². The molecule has 0 radical (unpaired) electrons. The van der Waals surface area contributed by atoms with Crippen LogP contribution in [0.3, 0.4) is 0 Å². The number of nitrogens with zero attached hydrogens (tertiary/aromatic N) is 4. The van der Waals surface area contributed by atoms with Gasteiger partial charge in [-0.1, -0.05) is 0 Å². The first-order valence-electron chi connectivity index (χ1n) is 8.55. The molecule has 4 N–H and O–H groups in total. The molecule has 140 valence electrons. The number of aromatic amines is 1. The van der Waals surface area contributed by atoms with E-state index in [4.69, 9.17) is 5.73 Å². The van der Waals surface area contributed by atoms with Crippen LogP contribution < -0.4 is 16.6 Å². The molecule has 3 heterocycles. The number of aromatic nitrogens is 4. The van der Waals surface area contributed by atoms with Gasteiger partial charge in [-0.3, -0.25) is 19.5 Å².